The molecule has 4 heteroatoms. The average Bonchev–Trinajstić information content (AvgIpc) is 2.80. The molecule has 2 aliphatic heterocycles. The van der Waals surface area contributed by atoms with Crippen LogP contribution in [0.3, 0.4) is 0 Å². The number of hydrogen-bond donors (Lipinski definition) is 2. The van der Waals surface area contributed by atoms with Crippen LogP contribution in [0.4, 0.5) is 0 Å². The molecule has 0 unspecified atom stereocenters. The Morgan fingerprint density at radius 1 is 1.00 bits per heavy atom. The molecule has 0 fully saturated rings. The Bertz CT molecular complexity index is 740. The molecule has 0 aromatic heterocycles. The number of benzene rings is 2. The van der Waals surface area contributed by atoms with Gasteiger partial charge < -0.3 is 15.4 Å². The normalized spacial score (nSPS) is 16.8. The SMILES string of the molecule is O=C1NCCc2ccc(-c3cccc4c3OCCNC4)cc21. The second-order valence-corrected chi connectivity index (χ2v) is 5.70. The molecule has 0 spiro atoms. The quantitative estimate of drug-likeness (QED) is 0.847. The molecular weight excluding hydrogens is 276 g/mol. The van der Waals surface area contributed by atoms with E-state index in [1.807, 2.05) is 12.1 Å². The van der Waals surface area contributed by atoms with Crippen LogP contribution in [0.5, 0.6) is 5.75 Å². The van der Waals surface area contributed by atoms with Crippen molar-refractivity contribution in [2.45, 2.75) is 13.0 Å². The zero-order chi connectivity index (χ0) is 14.9. The van der Waals surface area contributed by atoms with Gasteiger partial charge in [-0.1, -0.05) is 30.3 Å². The number of rotatable bonds is 1. The zero-order valence-corrected chi connectivity index (χ0v) is 12.3. The minimum absolute atomic E-state index is 0.0210. The summed E-state index contributed by atoms with van der Waals surface area (Å²) in [6.45, 7) is 3.05. The summed E-state index contributed by atoms with van der Waals surface area (Å²) >= 11 is 0. The fraction of sp³-hybridized carbons (Fsp3) is 0.278. The van der Waals surface area contributed by atoms with Crippen LogP contribution in [0, 0.1) is 0 Å². The standard InChI is InChI=1S/C18H18N2O2/c21-18-16-10-13(5-4-12(16)6-7-20-18)15-3-1-2-14-11-19-8-9-22-17(14)15/h1-5,10,19H,6-9,11H2,(H,20,21). The smallest absolute Gasteiger partial charge is 0.251 e. The summed E-state index contributed by atoms with van der Waals surface area (Å²) in [6.07, 6.45) is 0.897. The first-order valence-corrected chi connectivity index (χ1v) is 7.70. The number of nitrogens with one attached hydrogen (secondary N) is 2. The molecule has 0 aliphatic carbocycles. The van der Waals surface area contributed by atoms with Gasteiger partial charge in [0.05, 0.1) is 0 Å². The van der Waals surface area contributed by atoms with Crippen molar-refractivity contribution in [3.05, 3.63) is 53.1 Å². The van der Waals surface area contributed by atoms with Crippen molar-refractivity contribution in [1.82, 2.24) is 10.6 Å². The highest BCUT2D eigenvalue weighted by Gasteiger charge is 2.19. The highest BCUT2D eigenvalue weighted by atomic mass is 16.5. The molecule has 0 radical (unpaired) electrons. The maximum atomic E-state index is 12.1. The van der Waals surface area contributed by atoms with E-state index in [4.69, 9.17) is 4.74 Å². The molecule has 2 aliphatic rings. The molecule has 0 saturated carbocycles. The van der Waals surface area contributed by atoms with Gasteiger partial charge in [0.15, 0.2) is 0 Å². The monoisotopic (exact) mass is 294 g/mol. The van der Waals surface area contributed by atoms with E-state index in [-0.39, 0.29) is 5.91 Å². The Labute approximate surface area is 129 Å². The van der Waals surface area contributed by atoms with Crippen LogP contribution in [0.15, 0.2) is 36.4 Å². The lowest BCUT2D eigenvalue weighted by atomic mass is 9.94. The van der Waals surface area contributed by atoms with Gasteiger partial charge in [-0.05, 0) is 23.6 Å². The van der Waals surface area contributed by atoms with Crippen molar-refractivity contribution < 1.29 is 9.53 Å². The fourth-order valence-electron chi connectivity index (χ4n) is 3.15. The molecule has 22 heavy (non-hydrogen) atoms. The minimum atomic E-state index is 0.0210. The Morgan fingerprint density at radius 3 is 2.91 bits per heavy atom. The van der Waals surface area contributed by atoms with Gasteiger partial charge in [0.1, 0.15) is 12.4 Å². The van der Waals surface area contributed by atoms with E-state index in [1.165, 1.54) is 0 Å². The molecule has 0 bridgehead atoms. The van der Waals surface area contributed by atoms with Gasteiger partial charge >= 0.3 is 0 Å². The first-order valence-electron chi connectivity index (χ1n) is 7.70. The van der Waals surface area contributed by atoms with E-state index < -0.39 is 0 Å². The van der Waals surface area contributed by atoms with Crippen molar-refractivity contribution >= 4 is 5.91 Å². The third-order valence-corrected chi connectivity index (χ3v) is 4.28. The van der Waals surface area contributed by atoms with Crippen molar-refractivity contribution in [1.29, 1.82) is 0 Å². The van der Waals surface area contributed by atoms with E-state index in [2.05, 4.69) is 34.9 Å². The van der Waals surface area contributed by atoms with Crippen LogP contribution in [-0.4, -0.2) is 25.6 Å². The topological polar surface area (TPSA) is 50.4 Å². The maximum absolute atomic E-state index is 12.1. The highest BCUT2D eigenvalue weighted by Crippen LogP contribution is 2.35. The number of ether oxygens (including phenoxy) is 1. The lowest BCUT2D eigenvalue weighted by Crippen LogP contribution is -2.31. The van der Waals surface area contributed by atoms with Crippen molar-refractivity contribution in [3.63, 3.8) is 0 Å². The predicted octanol–water partition coefficient (Wildman–Crippen LogP) is 2.12. The van der Waals surface area contributed by atoms with Crippen LogP contribution in [-0.2, 0) is 13.0 Å². The number of carbonyl (C=O) groups is 1. The van der Waals surface area contributed by atoms with E-state index in [9.17, 15) is 4.79 Å². The minimum Gasteiger partial charge on any atom is -0.491 e. The summed E-state index contributed by atoms with van der Waals surface area (Å²) in [5.41, 5.74) is 5.17. The van der Waals surface area contributed by atoms with Crippen LogP contribution in [0.1, 0.15) is 21.5 Å². The van der Waals surface area contributed by atoms with Gasteiger partial charge in [0.2, 0.25) is 0 Å². The van der Waals surface area contributed by atoms with Gasteiger partial charge in [-0.25, -0.2) is 0 Å². The second-order valence-electron chi connectivity index (χ2n) is 5.70. The Kier molecular flexibility index (Phi) is 3.31. The average molecular weight is 294 g/mol. The van der Waals surface area contributed by atoms with Crippen LogP contribution in [0.2, 0.25) is 0 Å². The summed E-state index contributed by atoms with van der Waals surface area (Å²) in [5.74, 6) is 0.955. The summed E-state index contributed by atoms with van der Waals surface area (Å²) in [6, 6.07) is 12.3. The van der Waals surface area contributed by atoms with Crippen molar-refractivity contribution in [2.75, 3.05) is 19.7 Å². The van der Waals surface area contributed by atoms with Crippen molar-refractivity contribution in [3.8, 4) is 16.9 Å². The number of carbonyl (C=O) groups excluding carboxylic acids is 1. The summed E-state index contributed by atoms with van der Waals surface area (Å²) in [4.78, 5) is 12.1. The van der Waals surface area contributed by atoms with E-state index >= 15 is 0 Å². The van der Waals surface area contributed by atoms with Gasteiger partial charge in [0, 0.05) is 36.3 Å². The molecule has 2 N–H and O–H groups in total. The number of para-hydroxylation sites is 1. The van der Waals surface area contributed by atoms with E-state index in [0.717, 1.165) is 59.6 Å². The Balaban J connectivity index is 1.83. The lowest BCUT2D eigenvalue weighted by Gasteiger charge is -2.18. The van der Waals surface area contributed by atoms with Crippen molar-refractivity contribution in [2.24, 2.45) is 0 Å². The fourth-order valence-corrected chi connectivity index (χ4v) is 3.15. The lowest BCUT2D eigenvalue weighted by molar-refractivity contribution is 0.0946. The molecular formula is C18H18N2O2. The summed E-state index contributed by atoms with van der Waals surface area (Å²) < 4.78 is 5.94. The molecule has 2 aromatic rings. The number of hydrogen-bond acceptors (Lipinski definition) is 3. The maximum Gasteiger partial charge on any atom is 0.251 e. The first kappa shape index (κ1) is 13.3. The molecule has 2 aromatic carbocycles. The summed E-state index contributed by atoms with van der Waals surface area (Å²) in [7, 11) is 0. The molecule has 0 saturated heterocycles. The van der Waals surface area contributed by atoms with Crippen LogP contribution < -0.4 is 15.4 Å². The molecule has 0 atom stereocenters. The number of fused-ring (bicyclic) bond motifs is 2. The van der Waals surface area contributed by atoms with E-state index in [0.29, 0.717) is 6.61 Å². The van der Waals surface area contributed by atoms with Gasteiger partial charge in [-0.15, -0.1) is 0 Å². The second kappa shape index (κ2) is 5.46. The molecule has 2 heterocycles. The third-order valence-electron chi connectivity index (χ3n) is 4.28. The molecule has 1 amide bonds. The zero-order valence-electron chi connectivity index (χ0n) is 12.3. The molecule has 112 valence electrons. The largest absolute Gasteiger partial charge is 0.491 e. The molecule has 4 nitrogen and oxygen atoms in total. The molecule has 4 rings (SSSR count). The highest BCUT2D eigenvalue weighted by molar-refractivity contribution is 5.98. The van der Waals surface area contributed by atoms with Gasteiger partial charge in [-0.3, -0.25) is 4.79 Å². The van der Waals surface area contributed by atoms with Gasteiger partial charge in [0.25, 0.3) is 5.91 Å². The Morgan fingerprint density at radius 2 is 1.95 bits per heavy atom. The predicted molar refractivity (Wildman–Crippen MR) is 85.1 cm³/mol. The van der Waals surface area contributed by atoms with Crippen LogP contribution >= 0.6 is 0 Å². The third kappa shape index (κ3) is 2.25. The number of amides is 1. The first-order chi connectivity index (χ1) is 10.8. The summed E-state index contributed by atoms with van der Waals surface area (Å²) in [5, 5.41) is 6.26. The Hall–Kier alpha value is -2.33. The van der Waals surface area contributed by atoms with Gasteiger partial charge in [-0.2, -0.15) is 0 Å². The van der Waals surface area contributed by atoms with E-state index in [1.54, 1.807) is 0 Å². The van der Waals surface area contributed by atoms with Crippen LogP contribution in [0.25, 0.3) is 11.1 Å².